The average molecular weight is 322 g/mol. The van der Waals surface area contributed by atoms with Crippen molar-refractivity contribution in [3.8, 4) is 5.75 Å². The van der Waals surface area contributed by atoms with Gasteiger partial charge in [-0.1, -0.05) is 12.1 Å². The van der Waals surface area contributed by atoms with Gasteiger partial charge in [-0.3, -0.25) is 19.3 Å². The van der Waals surface area contributed by atoms with Crippen LogP contribution in [0.15, 0.2) is 24.3 Å². The number of carbonyl (C=O) groups is 3. The average Bonchev–Trinajstić information content (AvgIpc) is 2.85. The van der Waals surface area contributed by atoms with E-state index < -0.39 is 5.82 Å². The summed E-state index contributed by atoms with van der Waals surface area (Å²) in [4.78, 5) is 37.4. The fourth-order valence-corrected chi connectivity index (χ4v) is 2.25. The molecular formula is C16H19FN2O4. The molecule has 7 heteroatoms. The summed E-state index contributed by atoms with van der Waals surface area (Å²) in [6.45, 7) is 0.550. The number of hydrogen-bond acceptors (Lipinski definition) is 4. The molecule has 0 saturated carbocycles. The van der Waals surface area contributed by atoms with Crippen molar-refractivity contribution in [3.05, 3.63) is 30.1 Å². The van der Waals surface area contributed by atoms with Crippen LogP contribution >= 0.6 is 0 Å². The van der Waals surface area contributed by atoms with E-state index in [4.69, 9.17) is 4.74 Å². The molecular weight excluding hydrogens is 303 g/mol. The fourth-order valence-electron chi connectivity index (χ4n) is 2.25. The lowest BCUT2D eigenvalue weighted by Gasteiger charge is -2.19. The highest BCUT2D eigenvalue weighted by molar-refractivity contribution is 6.02. The smallest absolute Gasteiger partial charge is 0.229 e. The summed E-state index contributed by atoms with van der Waals surface area (Å²) in [7, 11) is 1.60. The summed E-state index contributed by atoms with van der Waals surface area (Å²) in [6.07, 6.45) is 0.520. The van der Waals surface area contributed by atoms with Gasteiger partial charge in [-0.25, -0.2) is 4.39 Å². The molecule has 23 heavy (non-hydrogen) atoms. The minimum Gasteiger partial charge on any atom is -0.489 e. The van der Waals surface area contributed by atoms with Gasteiger partial charge in [0.15, 0.2) is 11.6 Å². The number of para-hydroxylation sites is 1. The van der Waals surface area contributed by atoms with Gasteiger partial charge in [0.05, 0.1) is 6.54 Å². The Hall–Kier alpha value is -2.44. The summed E-state index contributed by atoms with van der Waals surface area (Å²) in [5.41, 5.74) is 0. The van der Waals surface area contributed by atoms with Gasteiger partial charge >= 0.3 is 0 Å². The number of likely N-dealkylation sites (tertiary alicyclic amines) is 1. The molecule has 6 nitrogen and oxygen atoms in total. The lowest BCUT2D eigenvalue weighted by atomic mass is 10.3. The maximum Gasteiger partial charge on any atom is 0.229 e. The normalized spacial score (nSPS) is 14.3. The molecule has 0 radical (unpaired) electrons. The molecule has 1 fully saturated rings. The van der Waals surface area contributed by atoms with Crippen molar-refractivity contribution in [2.75, 3.05) is 26.7 Å². The molecule has 0 unspecified atom stereocenters. The number of imide groups is 1. The number of rotatable bonds is 7. The molecule has 1 heterocycles. The number of likely N-dealkylation sites (N-methyl/N-ethyl adjacent to an activating group) is 1. The predicted molar refractivity (Wildman–Crippen MR) is 80.1 cm³/mol. The van der Waals surface area contributed by atoms with E-state index in [-0.39, 0.29) is 62.4 Å². The third kappa shape index (κ3) is 4.51. The van der Waals surface area contributed by atoms with Crippen molar-refractivity contribution >= 4 is 17.7 Å². The Kier molecular flexibility index (Phi) is 5.67. The monoisotopic (exact) mass is 322 g/mol. The van der Waals surface area contributed by atoms with E-state index in [1.807, 2.05) is 0 Å². The number of halogens is 1. The van der Waals surface area contributed by atoms with Gasteiger partial charge in [0.25, 0.3) is 0 Å². The van der Waals surface area contributed by atoms with E-state index in [1.54, 1.807) is 19.2 Å². The minimum absolute atomic E-state index is 0.0771. The molecule has 1 aromatic carbocycles. The molecule has 0 N–H and O–H groups in total. The highest BCUT2D eigenvalue weighted by atomic mass is 19.1. The van der Waals surface area contributed by atoms with Crippen LogP contribution in [0.1, 0.15) is 19.3 Å². The quantitative estimate of drug-likeness (QED) is 0.708. The number of carbonyl (C=O) groups excluding carboxylic acids is 3. The highest BCUT2D eigenvalue weighted by Gasteiger charge is 2.29. The second-order valence-corrected chi connectivity index (χ2v) is 5.28. The topological polar surface area (TPSA) is 66.9 Å². The first kappa shape index (κ1) is 16.9. The van der Waals surface area contributed by atoms with Gasteiger partial charge in [-0.05, 0) is 12.1 Å². The zero-order chi connectivity index (χ0) is 16.8. The Labute approximate surface area is 133 Å². The fraction of sp³-hybridized carbons (Fsp3) is 0.438. The van der Waals surface area contributed by atoms with Gasteiger partial charge in [-0.15, -0.1) is 0 Å². The zero-order valence-corrected chi connectivity index (χ0v) is 13.0. The van der Waals surface area contributed by atoms with Crippen molar-refractivity contribution in [1.29, 1.82) is 0 Å². The second-order valence-electron chi connectivity index (χ2n) is 5.28. The maximum atomic E-state index is 13.4. The van der Waals surface area contributed by atoms with E-state index in [9.17, 15) is 18.8 Å². The van der Waals surface area contributed by atoms with Crippen molar-refractivity contribution in [2.24, 2.45) is 0 Å². The summed E-state index contributed by atoms with van der Waals surface area (Å²) in [5, 5.41) is 0. The van der Waals surface area contributed by atoms with Crippen LogP contribution in [0.4, 0.5) is 4.39 Å². The Bertz CT molecular complexity index is 589. The first-order chi connectivity index (χ1) is 11.0. The van der Waals surface area contributed by atoms with Crippen LogP contribution in [0, 0.1) is 5.82 Å². The van der Waals surface area contributed by atoms with Gasteiger partial charge in [-0.2, -0.15) is 0 Å². The number of hydrogen-bond donors (Lipinski definition) is 0. The van der Waals surface area contributed by atoms with Gasteiger partial charge < -0.3 is 9.64 Å². The first-order valence-corrected chi connectivity index (χ1v) is 7.43. The molecule has 124 valence electrons. The van der Waals surface area contributed by atoms with Crippen LogP contribution in [0.2, 0.25) is 0 Å². The highest BCUT2D eigenvalue weighted by Crippen LogP contribution is 2.15. The Morgan fingerprint density at radius 3 is 2.57 bits per heavy atom. The summed E-state index contributed by atoms with van der Waals surface area (Å²) in [6, 6.07) is 6.05. The van der Waals surface area contributed by atoms with Crippen molar-refractivity contribution in [3.63, 3.8) is 0 Å². The SMILES string of the molecule is CN(CCOc1ccccc1F)C(=O)CCN1C(=O)CCC1=O. The summed E-state index contributed by atoms with van der Waals surface area (Å²) >= 11 is 0. The molecule has 1 aliphatic rings. The van der Waals surface area contributed by atoms with Crippen molar-refractivity contribution in [2.45, 2.75) is 19.3 Å². The van der Waals surface area contributed by atoms with Crippen LogP contribution in [-0.2, 0) is 14.4 Å². The molecule has 1 saturated heterocycles. The molecule has 1 aromatic rings. The van der Waals surface area contributed by atoms with Crippen LogP contribution in [0.3, 0.4) is 0 Å². The Morgan fingerprint density at radius 1 is 1.26 bits per heavy atom. The van der Waals surface area contributed by atoms with E-state index in [1.165, 1.54) is 17.0 Å². The number of nitrogens with zero attached hydrogens (tertiary/aromatic N) is 2. The predicted octanol–water partition coefficient (Wildman–Crippen LogP) is 1.20. The molecule has 2 rings (SSSR count). The van der Waals surface area contributed by atoms with Crippen LogP contribution in [0.25, 0.3) is 0 Å². The van der Waals surface area contributed by atoms with E-state index in [2.05, 4.69) is 0 Å². The lowest BCUT2D eigenvalue weighted by Crippen LogP contribution is -2.36. The number of benzene rings is 1. The molecule has 0 bridgehead atoms. The molecule has 0 aliphatic carbocycles. The van der Waals surface area contributed by atoms with Gasteiger partial charge in [0.1, 0.15) is 6.61 Å². The third-order valence-corrected chi connectivity index (χ3v) is 3.65. The summed E-state index contributed by atoms with van der Waals surface area (Å²) in [5.74, 6) is -0.967. The first-order valence-electron chi connectivity index (χ1n) is 7.43. The lowest BCUT2D eigenvalue weighted by molar-refractivity contribution is -0.139. The largest absolute Gasteiger partial charge is 0.489 e. The van der Waals surface area contributed by atoms with Gasteiger partial charge in [0, 0.05) is 32.9 Å². The number of amides is 3. The van der Waals surface area contributed by atoms with Crippen molar-refractivity contribution < 1.29 is 23.5 Å². The second kappa shape index (κ2) is 7.71. The van der Waals surface area contributed by atoms with Crippen LogP contribution < -0.4 is 4.74 Å². The van der Waals surface area contributed by atoms with Crippen LogP contribution in [-0.4, -0.2) is 54.3 Å². The standard InChI is InChI=1S/C16H19FN2O4/c1-18(10-11-23-13-5-3-2-4-12(13)17)14(20)8-9-19-15(21)6-7-16(19)22/h2-5H,6-11H2,1H3. The third-order valence-electron chi connectivity index (χ3n) is 3.65. The van der Waals surface area contributed by atoms with Gasteiger partial charge in [0.2, 0.25) is 17.7 Å². The summed E-state index contributed by atoms with van der Waals surface area (Å²) < 4.78 is 18.6. The molecule has 0 atom stereocenters. The van der Waals surface area contributed by atoms with E-state index in [0.29, 0.717) is 0 Å². The molecule has 3 amide bonds. The van der Waals surface area contributed by atoms with E-state index >= 15 is 0 Å². The zero-order valence-electron chi connectivity index (χ0n) is 13.0. The number of ether oxygens (including phenoxy) is 1. The van der Waals surface area contributed by atoms with Crippen molar-refractivity contribution in [1.82, 2.24) is 9.80 Å². The molecule has 1 aliphatic heterocycles. The van der Waals surface area contributed by atoms with Crippen LogP contribution in [0.5, 0.6) is 5.75 Å². The maximum absolute atomic E-state index is 13.4. The molecule has 0 aromatic heterocycles. The Balaban J connectivity index is 1.72. The van der Waals surface area contributed by atoms with E-state index in [0.717, 1.165) is 4.90 Å². The minimum atomic E-state index is -0.451. The Morgan fingerprint density at radius 2 is 1.91 bits per heavy atom. The molecule has 0 spiro atoms.